The first-order valence-corrected chi connectivity index (χ1v) is 6.70. The van der Waals surface area contributed by atoms with Gasteiger partial charge in [-0.25, -0.2) is 0 Å². The Bertz CT molecular complexity index is 1070. The highest BCUT2D eigenvalue weighted by atomic mass is 16.6. The molecule has 0 aliphatic heterocycles. The standard InChI is InChI=1S/C15H8N2O8/c18-8-1-2-9-13(5-8)25-6-10(14(9)19)7-3-11(16(21)22)15(20)12(4-7)17(23)24/h1-6,18,20H. The van der Waals surface area contributed by atoms with Crippen LogP contribution in [0.5, 0.6) is 11.5 Å². The van der Waals surface area contributed by atoms with Gasteiger partial charge in [0.25, 0.3) is 5.75 Å². The summed E-state index contributed by atoms with van der Waals surface area (Å²) in [7, 11) is 0. The van der Waals surface area contributed by atoms with Gasteiger partial charge in [0.15, 0.2) is 0 Å². The van der Waals surface area contributed by atoms with Crippen molar-refractivity contribution in [3.63, 3.8) is 0 Å². The Labute approximate surface area is 137 Å². The minimum Gasteiger partial charge on any atom is -0.508 e. The minimum absolute atomic E-state index is 0.0775. The fraction of sp³-hybridized carbons (Fsp3) is 0. The molecule has 0 atom stereocenters. The lowest BCUT2D eigenvalue weighted by molar-refractivity contribution is -0.396. The quantitative estimate of drug-likeness (QED) is 0.542. The lowest BCUT2D eigenvalue weighted by atomic mass is 10.0. The Balaban J connectivity index is 2.33. The van der Waals surface area contributed by atoms with Gasteiger partial charge in [0.1, 0.15) is 17.6 Å². The SMILES string of the molecule is O=c1c(-c2cc([N+](=O)[O-])c(O)c([N+](=O)[O-])c2)coc2cc(O)ccc12. The number of nitrogens with zero attached hydrogens (tertiary/aromatic N) is 2. The largest absolute Gasteiger partial charge is 0.508 e. The molecule has 0 unspecified atom stereocenters. The summed E-state index contributed by atoms with van der Waals surface area (Å²) >= 11 is 0. The molecule has 0 saturated carbocycles. The summed E-state index contributed by atoms with van der Waals surface area (Å²) in [6.07, 6.45) is 0.976. The monoisotopic (exact) mass is 344 g/mol. The third-order valence-electron chi connectivity index (χ3n) is 3.53. The van der Waals surface area contributed by atoms with E-state index in [1.165, 1.54) is 18.2 Å². The molecule has 0 amide bonds. The van der Waals surface area contributed by atoms with E-state index in [2.05, 4.69) is 0 Å². The molecule has 0 spiro atoms. The Kier molecular flexibility index (Phi) is 3.57. The van der Waals surface area contributed by atoms with Gasteiger partial charge in [0.2, 0.25) is 5.43 Å². The second-order valence-electron chi connectivity index (χ2n) is 5.04. The number of hydrogen-bond acceptors (Lipinski definition) is 8. The van der Waals surface area contributed by atoms with E-state index < -0.39 is 32.4 Å². The number of phenols is 2. The molecule has 0 saturated heterocycles. The Morgan fingerprint density at radius 3 is 2.12 bits per heavy atom. The van der Waals surface area contributed by atoms with Gasteiger partial charge >= 0.3 is 11.4 Å². The molecule has 0 fully saturated rings. The van der Waals surface area contributed by atoms with Crippen LogP contribution in [0.3, 0.4) is 0 Å². The van der Waals surface area contributed by atoms with Crippen LogP contribution in [0.25, 0.3) is 22.1 Å². The number of nitro benzene ring substituents is 2. The van der Waals surface area contributed by atoms with Gasteiger partial charge < -0.3 is 14.6 Å². The van der Waals surface area contributed by atoms with Crippen molar-refractivity contribution >= 4 is 22.3 Å². The molecule has 3 rings (SSSR count). The third-order valence-corrected chi connectivity index (χ3v) is 3.53. The van der Waals surface area contributed by atoms with Gasteiger partial charge in [-0.15, -0.1) is 0 Å². The third kappa shape index (κ3) is 2.61. The van der Waals surface area contributed by atoms with E-state index in [0.29, 0.717) is 0 Å². The van der Waals surface area contributed by atoms with Crippen molar-refractivity contribution in [3.8, 4) is 22.6 Å². The van der Waals surface area contributed by atoms with Crippen LogP contribution in [0, 0.1) is 20.2 Å². The highest BCUT2D eigenvalue weighted by Crippen LogP contribution is 2.39. The lowest BCUT2D eigenvalue weighted by Crippen LogP contribution is -2.05. The smallest absolute Gasteiger partial charge is 0.318 e. The molecule has 0 aliphatic carbocycles. The van der Waals surface area contributed by atoms with E-state index in [4.69, 9.17) is 4.42 Å². The molecule has 1 aromatic heterocycles. The van der Waals surface area contributed by atoms with Crippen LogP contribution in [-0.4, -0.2) is 20.1 Å². The van der Waals surface area contributed by atoms with E-state index in [1.807, 2.05) is 0 Å². The molecule has 1 heterocycles. The summed E-state index contributed by atoms with van der Waals surface area (Å²) < 4.78 is 5.23. The van der Waals surface area contributed by atoms with Gasteiger partial charge in [0, 0.05) is 23.8 Å². The Morgan fingerprint density at radius 1 is 0.960 bits per heavy atom. The van der Waals surface area contributed by atoms with Crippen LogP contribution < -0.4 is 5.43 Å². The molecule has 2 aromatic carbocycles. The average molecular weight is 344 g/mol. The van der Waals surface area contributed by atoms with Crippen molar-refractivity contribution < 1.29 is 24.5 Å². The van der Waals surface area contributed by atoms with Crippen molar-refractivity contribution in [3.05, 3.63) is 67.0 Å². The van der Waals surface area contributed by atoms with E-state index >= 15 is 0 Å². The summed E-state index contributed by atoms with van der Waals surface area (Å²) in [5.74, 6) is -1.23. The molecular formula is C15H8N2O8. The van der Waals surface area contributed by atoms with Gasteiger partial charge in [0.05, 0.1) is 20.8 Å². The van der Waals surface area contributed by atoms with Crippen LogP contribution in [0.1, 0.15) is 0 Å². The van der Waals surface area contributed by atoms with Crippen molar-refractivity contribution in [2.75, 3.05) is 0 Å². The summed E-state index contributed by atoms with van der Waals surface area (Å²) in [6.45, 7) is 0. The minimum atomic E-state index is -1.10. The van der Waals surface area contributed by atoms with Crippen LogP contribution in [0.4, 0.5) is 11.4 Å². The predicted molar refractivity (Wildman–Crippen MR) is 84.6 cm³/mol. The molecule has 126 valence electrons. The van der Waals surface area contributed by atoms with Crippen LogP contribution in [0.2, 0.25) is 0 Å². The van der Waals surface area contributed by atoms with Crippen LogP contribution in [-0.2, 0) is 0 Å². The zero-order valence-electron chi connectivity index (χ0n) is 12.2. The molecule has 3 aromatic rings. The van der Waals surface area contributed by atoms with E-state index in [1.54, 1.807) is 0 Å². The number of hydrogen-bond donors (Lipinski definition) is 2. The molecule has 0 bridgehead atoms. The highest BCUT2D eigenvalue weighted by Gasteiger charge is 2.27. The van der Waals surface area contributed by atoms with Gasteiger partial charge in [-0.05, 0) is 12.1 Å². The fourth-order valence-corrected chi connectivity index (χ4v) is 2.35. The first kappa shape index (κ1) is 15.9. The van der Waals surface area contributed by atoms with Crippen LogP contribution in [0.15, 0.2) is 45.8 Å². The van der Waals surface area contributed by atoms with Crippen molar-refractivity contribution in [1.29, 1.82) is 0 Å². The summed E-state index contributed by atoms with van der Waals surface area (Å²) in [6, 6.07) is 5.46. The van der Waals surface area contributed by atoms with Crippen molar-refractivity contribution in [1.82, 2.24) is 0 Å². The molecule has 0 aliphatic rings. The second-order valence-corrected chi connectivity index (χ2v) is 5.04. The number of fused-ring (bicyclic) bond motifs is 1. The number of nitro groups is 2. The van der Waals surface area contributed by atoms with Gasteiger partial charge in [-0.1, -0.05) is 0 Å². The number of benzene rings is 2. The highest BCUT2D eigenvalue weighted by molar-refractivity contribution is 5.84. The summed E-state index contributed by atoms with van der Waals surface area (Å²) in [4.78, 5) is 32.6. The molecule has 2 N–H and O–H groups in total. The zero-order valence-corrected chi connectivity index (χ0v) is 12.2. The lowest BCUT2D eigenvalue weighted by Gasteiger charge is -2.05. The van der Waals surface area contributed by atoms with Crippen molar-refractivity contribution in [2.24, 2.45) is 0 Å². The molecular weight excluding hydrogens is 336 g/mol. The maximum absolute atomic E-state index is 12.5. The molecule has 10 heteroatoms. The van der Waals surface area contributed by atoms with E-state index in [-0.39, 0.29) is 27.8 Å². The van der Waals surface area contributed by atoms with E-state index in [0.717, 1.165) is 18.4 Å². The predicted octanol–water partition coefficient (Wildman–Crippen LogP) is 2.69. The molecule has 0 radical (unpaired) electrons. The van der Waals surface area contributed by atoms with Crippen LogP contribution >= 0.6 is 0 Å². The first-order valence-electron chi connectivity index (χ1n) is 6.70. The van der Waals surface area contributed by atoms with Crippen molar-refractivity contribution in [2.45, 2.75) is 0 Å². The summed E-state index contributed by atoms with van der Waals surface area (Å²) in [5.41, 5.74) is -2.65. The van der Waals surface area contributed by atoms with E-state index in [9.17, 15) is 35.2 Å². The molecule has 25 heavy (non-hydrogen) atoms. The van der Waals surface area contributed by atoms with Gasteiger partial charge in [-0.2, -0.15) is 0 Å². The Hall–Kier alpha value is -3.95. The van der Waals surface area contributed by atoms with Gasteiger partial charge in [-0.3, -0.25) is 25.0 Å². The maximum Gasteiger partial charge on any atom is 0.318 e. The molecule has 10 nitrogen and oxygen atoms in total. The first-order chi connectivity index (χ1) is 11.8. The topological polar surface area (TPSA) is 157 Å². The normalized spacial score (nSPS) is 10.7. The summed E-state index contributed by atoms with van der Waals surface area (Å²) in [5, 5.41) is 41.1. The zero-order chi connectivity index (χ0) is 18.3. The second kappa shape index (κ2) is 5.60. The number of rotatable bonds is 3. The maximum atomic E-state index is 12.5. The fourth-order valence-electron chi connectivity index (χ4n) is 2.35. The number of aromatic hydroxyl groups is 2. The number of phenolic OH excluding ortho intramolecular Hbond substituents is 2. The average Bonchev–Trinajstić information content (AvgIpc) is 2.55. The Morgan fingerprint density at radius 2 is 1.56 bits per heavy atom.